The molecule has 2 nitrogen and oxygen atoms in total. The van der Waals surface area contributed by atoms with Crippen LogP contribution in [0.3, 0.4) is 0 Å². The summed E-state index contributed by atoms with van der Waals surface area (Å²) in [6, 6.07) is 0. The van der Waals surface area contributed by atoms with Gasteiger partial charge in [-0.1, -0.05) is 47.0 Å². The van der Waals surface area contributed by atoms with E-state index < -0.39 is 5.41 Å². The number of unbranched alkanes of at least 4 members (excludes halogenated alkanes) is 3. The smallest absolute Gasteiger partial charge is 0.204 e. The van der Waals surface area contributed by atoms with E-state index in [0.717, 1.165) is 38.5 Å². The number of rotatable bonds is 9. The Balaban J connectivity index is 4.12. The molecule has 0 amide bonds. The SMILES string of the molecule is CCCCCCC(=O)C(=O)C(C)(CC)CC. The van der Waals surface area contributed by atoms with Gasteiger partial charge in [0, 0.05) is 11.8 Å². The lowest BCUT2D eigenvalue weighted by atomic mass is 9.78. The van der Waals surface area contributed by atoms with E-state index >= 15 is 0 Å². The number of carbonyl (C=O) groups is 2. The molecule has 0 rings (SSSR count). The van der Waals surface area contributed by atoms with E-state index in [1.807, 2.05) is 20.8 Å². The summed E-state index contributed by atoms with van der Waals surface area (Å²) in [5.74, 6) is -0.323. The number of carbonyl (C=O) groups excluding carboxylic acids is 2. The molecule has 16 heavy (non-hydrogen) atoms. The van der Waals surface area contributed by atoms with Crippen molar-refractivity contribution >= 4 is 11.6 Å². The maximum absolute atomic E-state index is 11.9. The fourth-order valence-corrected chi connectivity index (χ4v) is 1.73. The first kappa shape index (κ1) is 15.3. The highest BCUT2D eigenvalue weighted by atomic mass is 16.2. The Kier molecular flexibility index (Phi) is 7.27. The van der Waals surface area contributed by atoms with Crippen LogP contribution < -0.4 is 0 Å². The summed E-state index contributed by atoms with van der Waals surface area (Å²) in [6.45, 7) is 8.00. The Hall–Kier alpha value is -0.660. The molecular weight excluding hydrogens is 200 g/mol. The van der Waals surface area contributed by atoms with Gasteiger partial charge in [0.05, 0.1) is 0 Å². The summed E-state index contributed by atoms with van der Waals surface area (Å²) in [4.78, 5) is 23.7. The van der Waals surface area contributed by atoms with Crippen molar-refractivity contribution in [3.8, 4) is 0 Å². The van der Waals surface area contributed by atoms with E-state index in [9.17, 15) is 9.59 Å². The molecule has 0 saturated heterocycles. The van der Waals surface area contributed by atoms with Crippen LogP contribution in [0.2, 0.25) is 0 Å². The molecule has 0 aliphatic heterocycles. The van der Waals surface area contributed by atoms with Gasteiger partial charge in [-0.3, -0.25) is 9.59 Å². The van der Waals surface area contributed by atoms with Crippen LogP contribution >= 0.6 is 0 Å². The first-order valence-electron chi connectivity index (χ1n) is 6.59. The lowest BCUT2D eigenvalue weighted by Gasteiger charge is -2.23. The first-order valence-corrected chi connectivity index (χ1v) is 6.59. The van der Waals surface area contributed by atoms with E-state index in [-0.39, 0.29) is 11.6 Å². The second-order valence-electron chi connectivity index (χ2n) is 4.83. The van der Waals surface area contributed by atoms with Crippen LogP contribution in [-0.4, -0.2) is 11.6 Å². The molecular formula is C14H26O2. The fraction of sp³-hybridized carbons (Fsp3) is 0.857. The molecule has 0 aromatic heterocycles. The average Bonchev–Trinajstić information content (AvgIpc) is 2.32. The highest BCUT2D eigenvalue weighted by Gasteiger charge is 2.33. The second-order valence-corrected chi connectivity index (χ2v) is 4.83. The van der Waals surface area contributed by atoms with Crippen molar-refractivity contribution in [2.45, 2.75) is 72.6 Å². The molecule has 0 saturated carbocycles. The van der Waals surface area contributed by atoms with Crippen LogP contribution in [0, 0.1) is 5.41 Å². The molecule has 0 radical (unpaired) electrons. The van der Waals surface area contributed by atoms with E-state index in [2.05, 4.69) is 6.92 Å². The van der Waals surface area contributed by atoms with Crippen LogP contribution in [0.1, 0.15) is 72.6 Å². The van der Waals surface area contributed by atoms with Gasteiger partial charge in [-0.25, -0.2) is 0 Å². The third kappa shape index (κ3) is 4.46. The van der Waals surface area contributed by atoms with Gasteiger partial charge >= 0.3 is 0 Å². The number of hydrogen-bond donors (Lipinski definition) is 0. The number of Topliss-reactive ketones (excluding diaryl/α,β-unsaturated/α-hetero) is 2. The van der Waals surface area contributed by atoms with Crippen molar-refractivity contribution in [2.75, 3.05) is 0 Å². The molecule has 2 heteroatoms. The van der Waals surface area contributed by atoms with Crippen molar-refractivity contribution < 1.29 is 9.59 Å². The Labute approximate surface area is 99.8 Å². The average molecular weight is 226 g/mol. The van der Waals surface area contributed by atoms with Gasteiger partial charge in [0.1, 0.15) is 0 Å². The van der Waals surface area contributed by atoms with Gasteiger partial charge in [0.2, 0.25) is 5.78 Å². The molecule has 0 unspecified atom stereocenters. The van der Waals surface area contributed by atoms with Crippen LogP contribution in [0.5, 0.6) is 0 Å². The van der Waals surface area contributed by atoms with Crippen molar-refractivity contribution in [1.82, 2.24) is 0 Å². The zero-order valence-electron chi connectivity index (χ0n) is 11.3. The molecule has 0 aromatic carbocycles. The molecule has 0 N–H and O–H groups in total. The Morgan fingerprint density at radius 2 is 1.50 bits per heavy atom. The normalized spacial score (nSPS) is 11.5. The summed E-state index contributed by atoms with van der Waals surface area (Å²) >= 11 is 0. The van der Waals surface area contributed by atoms with E-state index in [0.29, 0.717) is 6.42 Å². The Bertz CT molecular complexity index is 227. The van der Waals surface area contributed by atoms with Crippen LogP contribution in [0.15, 0.2) is 0 Å². The van der Waals surface area contributed by atoms with Gasteiger partial charge in [-0.15, -0.1) is 0 Å². The Morgan fingerprint density at radius 1 is 0.938 bits per heavy atom. The maximum atomic E-state index is 11.9. The predicted molar refractivity (Wildman–Crippen MR) is 67.5 cm³/mol. The lowest BCUT2D eigenvalue weighted by molar-refractivity contribution is -0.142. The Morgan fingerprint density at radius 3 is 1.94 bits per heavy atom. The number of hydrogen-bond acceptors (Lipinski definition) is 2. The van der Waals surface area contributed by atoms with Gasteiger partial charge < -0.3 is 0 Å². The minimum absolute atomic E-state index is 0.158. The zero-order valence-corrected chi connectivity index (χ0v) is 11.3. The van der Waals surface area contributed by atoms with E-state index in [4.69, 9.17) is 0 Å². The van der Waals surface area contributed by atoms with E-state index in [1.165, 1.54) is 0 Å². The summed E-state index contributed by atoms with van der Waals surface area (Å²) in [5, 5.41) is 0. The maximum Gasteiger partial charge on any atom is 0.204 e. The highest BCUT2D eigenvalue weighted by Crippen LogP contribution is 2.27. The lowest BCUT2D eigenvalue weighted by Crippen LogP contribution is -2.32. The summed E-state index contributed by atoms with van der Waals surface area (Å²) in [7, 11) is 0. The third-order valence-corrected chi connectivity index (χ3v) is 3.62. The van der Waals surface area contributed by atoms with Crippen molar-refractivity contribution in [1.29, 1.82) is 0 Å². The summed E-state index contributed by atoms with van der Waals surface area (Å²) in [6.07, 6.45) is 6.18. The number of ketones is 2. The van der Waals surface area contributed by atoms with Crippen molar-refractivity contribution in [3.05, 3.63) is 0 Å². The van der Waals surface area contributed by atoms with Crippen LogP contribution in [0.25, 0.3) is 0 Å². The second kappa shape index (κ2) is 7.59. The van der Waals surface area contributed by atoms with Crippen LogP contribution in [-0.2, 0) is 9.59 Å². The van der Waals surface area contributed by atoms with E-state index in [1.54, 1.807) is 0 Å². The largest absolute Gasteiger partial charge is 0.291 e. The molecule has 0 fully saturated rings. The molecule has 0 heterocycles. The van der Waals surface area contributed by atoms with Gasteiger partial charge in [-0.2, -0.15) is 0 Å². The zero-order chi connectivity index (χ0) is 12.6. The predicted octanol–water partition coefficient (Wildman–Crippen LogP) is 3.92. The summed E-state index contributed by atoms with van der Waals surface area (Å²) in [5.41, 5.74) is -0.429. The molecule has 0 aliphatic rings. The van der Waals surface area contributed by atoms with Gasteiger partial charge in [0.15, 0.2) is 5.78 Å². The quantitative estimate of drug-likeness (QED) is 0.441. The van der Waals surface area contributed by atoms with Gasteiger partial charge in [0.25, 0.3) is 0 Å². The van der Waals surface area contributed by atoms with Crippen molar-refractivity contribution in [3.63, 3.8) is 0 Å². The molecule has 0 aliphatic carbocycles. The highest BCUT2D eigenvalue weighted by molar-refractivity contribution is 6.39. The third-order valence-electron chi connectivity index (χ3n) is 3.62. The topological polar surface area (TPSA) is 34.1 Å². The summed E-state index contributed by atoms with van der Waals surface area (Å²) < 4.78 is 0. The molecule has 0 spiro atoms. The van der Waals surface area contributed by atoms with Crippen LogP contribution in [0.4, 0.5) is 0 Å². The molecule has 0 atom stereocenters. The van der Waals surface area contributed by atoms with Gasteiger partial charge in [-0.05, 0) is 19.3 Å². The minimum Gasteiger partial charge on any atom is -0.291 e. The first-order chi connectivity index (χ1) is 7.51. The fourth-order valence-electron chi connectivity index (χ4n) is 1.73. The molecule has 0 bridgehead atoms. The standard InChI is InChI=1S/C14H26O2/c1-5-8-9-10-11-12(15)13(16)14(4,6-2)7-3/h5-11H2,1-4H3. The molecule has 94 valence electrons. The monoisotopic (exact) mass is 226 g/mol. The molecule has 0 aromatic rings. The van der Waals surface area contributed by atoms with Crippen molar-refractivity contribution in [2.24, 2.45) is 5.41 Å². The minimum atomic E-state index is -0.429.